The molecule has 2 bridgehead atoms. The van der Waals surface area contributed by atoms with Gasteiger partial charge in [-0.3, -0.25) is 4.98 Å². The first kappa shape index (κ1) is 21.2. The van der Waals surface area contributed by atoms with E-state index < -0.39 is 0 Å². The van der Waals surface area contributed by atoms with Crippen molar-refractivity contribution in [2.45, 2.75) is 56.7 Å². The van der Waals surface area contributed by atoms with Crippen LogP contribution in [0.25, 0.3) is 25.9 Å². The first-order chi connectivity index (χ1) is 15.8. The van der Waals surface area contributed by atoms with Gasteiger partial charge in [0.25, 0.3) is 0 Å². The van der Waals surface area contributed by atoms with E-state index in [1.807, 2.05) is 12.4 Å². The Bertz CT molecular complexity index is 1210. The zero-order valence-electron chi connectivity index (χ0n) is 19.5. The minimum absolute atomic E-state index is 0.246. The Morgan fingerprint density at radius 1 is 1.03 bits per heavy atom. The average molecular weight is 480 g/mol. The number of piperidine rings is 1. The van der Waals surface area contributed by atoms with Crippen LogP contribution < -0.4 is 10.2 Å². The standard InChI is InChI=1S/C24H29N7S2/c1-23-7-8-24(2,29-23)12-16(11-23)31(4)22-28-21-20(33-22)27-19(32-21)18-14-25-17(13-26-18)15-5-9-30(3)10-6-15/h5-6,9,13-14,16,29H,7-8,10-12H2,1-4H3/t16?,23-,24+. The molecule has 3 aliphatic rings. The molecule has 6 rings (SSSR count). The third-order valence-corrected chi connectivity index (χ3v) is 9.43. The number of hydrogen-bond acceptors (Lipinski definition) is 9. The van der Waals surface area contributed by atoms with Crippen molar-refractivity contribution >= 4 is 43.0 Å². The van der Waals surface area contributed by atoms with E-state index in [0.717, 1.165) is 56.1 Å². The highest BCUT2D eigenvalue weighted by molar-refractivity contribution is 7.29. The number of anilines is 1. The zero-order valence-corrected chi connectivity index (χ0v) is 21.1. The molecular weight excluding hydrogens is 450 g/mol. The Morgan fingerprint density at radius 3 is 2.36 bits per heavy atom. The Kier molecular flexibility index (Phi) is 4.87. The van der Waals surface area contributed by atoms with Gasteiger partial charge in [0.05, 0.1) is 18.1 Å². The molecule has 9 heteroatoms. The third kappa shape index (κ3) is 3.86. The van der Waals surface area contributed by atoms with Crippen molar-refractivity contribution in [3.8, 4) is 10.7 Å². The number of likely N-dealkylation sites (N-methyl/N-ethyl adjacent to an activating group) is 1. The van der Waals surface area contributed by atoms with Gasteiger partial charge in [-0.1, -0.05) is 28.7 Å². The van der Waals surface area contributed by atoms with Crippen molar-refractivity contribution in [3.63, 3.8) is 0 Å². The third-order valence-electron chi connectivity index (χ3n) is 7.29. The molecule has 6 heterocycles. The van der Waals surface area contributed by atoms with Crippen LogP contribution in [0.15, 0.2) is 30.7 Å². The summed E-state index contributed by atoms with van der Waals surface area (Å²) in [5, 5.41) is 5.82. The van der Waals surface area contributed by atoms with Crippen molar-refractivity contribution in [1.82, 2.24) is 30.2 Å². The number of nitrogens with zero attached hydrogens (tertiary/aromatic N) is 6. The second kappa shape index (κ2) is 7.58. The minimum Gasteiger partial charge on any atom is -0.377 e. The largest absolute Gasteiger partial charge is 0.377 e. The molecule has 0 saturated carbocycles. The van der Waals surface area contributed by atoms with Gasteiger partial charge in [0.2, 0.25) is 0 Å². The fourth-order valence-electron chi connectivity index (χ4n) is 5.50. The summed E-state index contributed by atoms with van der Waals surface area (Å²) in [7, 11) is 4.25. The van der Waals surface area contributed by atoms with E-state index in [1.54, 1.807) is 22.7 Å². The molecule has 0 spiro atoms. The molecule has 0 aliphatic carbocycles. The van der Waals surface area contributed by atoms with Gasteiger partial charge in [-0.05, 0) is 51.8 Å². The first-order valence-electron chi connectivity index (χ1n) is 11.5. The van der Waals surface area contributed by atoms with Gasteiger partial charge < -0.3 is 15.1 Å². The quantitative estimate of drug-likeness (QED) is 0.589. The molecule has 3 aliphatic heterocycles. The summed E-state index contributed by atoms with van der Waals surface area (Å²) >= 11 is 3.28. The highest BCUT2D eigenvalue weighted by atomic mass is 32.1. The summed E-state index contributed by atoms with van der Waals surface area (Å²) in [5.74, 6) is 0. The van der Waals surface area contributed by atoms with Gasteiger partial charge >= 0.3 is 0 Å². The Labute approximate surface area is 202 Å². The summed E-state index contributed by atoms with van der Waals surface area (Å²) in [6.45, 7) is 5.63. The minimum atomic E-state index is 0.246. The van der Waals surface area contributed by atoms with Crippen molar-refractivity contribution < 1.29 is 0 Å². The van der Waals surface area contributed by atoms with Crippen LogP contribution in [0.4, 0.5) is 5.13 Å². The van der Waals surface area contributed by atoms with Crippen molar-refractivity contribution in [2.24, 2.45) is 0 Å². The lowest BCUT2D eigenvalue weighted by Gasteiger charge is -2.45. The molecule has 7 nitrogen and oxygen atoms in total. The lowest BCUT2D eigenvalue weighted by molar-refractivity contribution is 0.208. The summed E-state index contributed by atoms with van der Waals surface area (Å²) in [4.78, 5) is 25.6. The van der Waals surface area contributed by atoms with Crippen LogP contribution in [-0.2, 0) is 0 Å². The molecule has 33 heavy (non-hydrogen) atoms. The Balaban J connectivity index is 1.20. The maximum absolute atomic E-state index is 4.96. The summed E-state index contributed by atoms with van der Waals surface area (Å²) < 4.78 is 0. The fraction of sp³-hybridized carbons (Fsp3) is 0.500. The zero-order chi connectivity index (χ0) is 22.8. The molecule has 3 aromatic heterocycles. The van der Waals surface area contributed by atoms with E-state index in [0.29, 0.717) is 6.04 Å². The maximum atomic E-state index is 4.96. The predicted octanol–water partition coefficient (Wildman–Crippen LogP) is 4.55. The van der Waals surface area contributed by atoms with Gasteiger partial charge in [-0.25, -0.2) is 15.0 Å². The van der Waals surface area contributed by atoms with Gasteiger partial charge in [0.15, 0.2) is 14.8 Å². The first-order valence-corrected chi connectivity index (χ1v) is 13.1. The van der Waals surface area contributed by atoms with Crippen LogP contribution >= 0.6 is 22.7 Å². The smallest absolute Gasteiger partial charge is 0.188 e. The van der Waals surface area contributed by atoms with Crippen LogP contribution in [0.2, 0.25) is 0 Å². The molecule has 2 saturated heterocycles. The monoisotopic (exact) mass is 479 g/mol. The number of thiazole rings is 2. The number of allylic oxidation sites excluding steroid dienone is 2. The highest BCUT2D eigenvalue weighted by Gasteiger charge is 2.49. The lowest BCUT2D eigenvalue weighted by Crippen LogP contribution is -2.58. The second-order valence-corrected chi connectivity index (χ2v) is 12.2. The summed E-state index contributed by atoms with van der Waals surface area (Å²) in [5.41, 5.74) is 3.29. The van der Waals surface area contributed by atoms with E-state index in [9.17, 15) is 0 Å². The summed E-state index contributed by atoms with van der Waals surface area (Å²) in [6, 6.07) is 0.504. The number of fused-ring (bicyclic) bond motifs is 3. The molecule has 1 N–H and O–H groups in total. The molecule has 0 amide bonds. The number of rotatable bonds is 4. The van der Waals surface area contributed by atoms with Crippen molar-refractivity contribution in [3.05, 3.63) is 36.4 Å². The molecule has 3 aromatic rings. The van der Waals surface area contributed by atoms with Crippen LogP contribution in [0.5, 0.6) is 0 Å². The van der Waals surface area contributed by atoms with E-state index >= 15 is 0 Å². The van der Waals surface area contributed by atoms with Crippen LogP contribution in [0, 0.1) is 0 Å². The number of nitrogens with one attached hydrogen (secondary N) is 1. The van der Waals surface area contributed by atoms with Gasteiger partial charge in [-0.15, -0.1) is 0 Å². The van der Waals surface area contributed by atoms with Gasteiger partial charge in [-0.2, -0.15) is 0 Å². The van der Waals surface area contributed by atoms with Crippen molar-refractivity contribution in [2.75, 3.05) is 25.5 Å². The van der Waals surface area contributed by atoms with Crippen LogP contribution in [-0.4, -0.2) is 62.6 Å². The van der Waals surface area contributed by atoms with Crippen LogP contribution in [0.1, 0.15) is 45.2 Å². The summed E-state index contributed by atoms with van der Waals surface area (Å²) in [6.07, 6.45) is 14.8. The highest BCUT2D eigenvalue weighted by Crippen LogP contribution is 2.45. The number of aromatic nitrogens is 4. The molecule has 0 radical (unpaired) electrons. The fourth-order valence-corrected chi connectivity index (χ4v) is 7.54. The molecule has 0 aromatic carbocycles. The molecule has 1 unspecified atom stereocenters. The number of hydrogen-bond donors (Lipinski definition) is 1. The van der Waals surface area contributed by atoms with E-state index in [-0.39, 0.29) is 11.1 Å². The maximum Gasteiger partial charge on any atom is 0.188 e. The predicted molar refractivity (Wildman–Crippen MR) is 137 cm³/mol. The van der Waals surface area contributed by atoms with Gasteiger partial charge in [0, 0.05) is 43.3 Å². The normalized spacial score (nSPS) is 29.0. The van der Waals surface area contributed by atoms with Crippen LogP contribution in [0.3, 0.4) is 0 Å². The second-order valence-electron chi connectivity index (χ2n) is 10.2. The lowest BCUT2D eigenvalue weighted by atomic mass is 9.84. The SMILES string of the molecule is CN1C=CC(c2cnc(-c3nc4sc(N(C)C5C[C@]6(C)CC[C@](C)(C5)N6)nc4s3)cn2)=CC1. The van der Waals surface area contributed by atoms with E-state index in [1.165, 1.54) is 12.8 Å². The molecule has 3 atom stereocenters. The van der Waals surface area contributed by atoms with E-state index in [4.69, 9.17) is 9.97 Å². The average Bonchev–Trinajstić information content (AvgIpc) is 3.43. The Morgan fingerprint density at radius 2 is 1.73 bits per heavy atom. The van der Waals surface area contributed by atoms with Gasteiger partial charge in [0.1, 0.15) is 10.7 Å². The molecule has 2 fully saturated rings. The van der Waals surface area contributed by atoms with Crippen molar-refractivity contribution in [1.29, 1.82) is 0 Å². The molecular formula is C24H29N7S2. The molecule has 172 valence electrons. The Hall–Kier alpha value is -2.36. The van der Waals surface area contributed by atoms with E-state index in [2.05, 4.69) is 71.4 Å². The topological polar surface area (TPSA) is 70.1 Å².